The van der Waals surface area contributed by atoms with Crippen LogP contribution in [0.4, 0.5) is 0 Å². The van der Waals surface area contributed by atoms with Gasteiger partial charge in [0.05, 0.1) is 6.54 Å². The fourth-order valence-electron chi connectivity index (χ4n) is 1.74. The lowest BCUT2D eigenvalue weighted by molar-refractivity contribution is 0.0896. The molecule has 1 aromatic heterocycles. The molecular formula is C13H22N2O2. The summed E-state index contributed by atoms with van der Waals surface area (Å²) in [6, 6.07) is 2.15. The lowest BCUT2D eigenvalue weighted by atomic mass is 10.2. The molecule has 4 heteroatoms. The number of aliphatic hydroxyl groups excluding tert-OH is 1. The average Bonchev–Trinajstić information content (AvgIpc) is 2.70. The van der Waals surface area contributed by atoms with Crippen LogP contribution in [0.3, 0.4) is 0 Å². The van der Waals surface area contributed by atoms with Crippen molar-refractivity contribution in [3.63, 3.8) is 0 Å². The van der Waals surface area contributed by atoms with Gasteiger partial charge < -0.3 is 9.67 Å². The number of Topliss-reactive ketones (excluding diaryl/α,β-unsaturated/α-hetero) is 1. The van der Waals surface area contributed by atoms with Crippen molar-refractivity contribution in [3.8, 4) is 0 Å². The van der Waals surface area contributed by atoms with Crippen LogP contribution >= 0.6 is 0 Å². The van der Waals surface area contributed by atoms with Gasteiger partial charge in [0.25, 0.3) is 0 Å². The molecule has 1 N–H and O–H groups in total. The van der Waals surface area contributed by atoms with E-state index in [9.17, 15) is 4.79 Å². The molecule has 0 spiro atoms. The Labute approximate surface area is 103 Å². The van der Waals surface area contributed by atoms with Crippen molar-refractivity contribution in [1.29, 1.82) is 0 Å². The van der Waals surface area contributed by atoms with Crippen molar-refractivity contribution >= 4 is 5.78 Å². The number of aliphatic hydroxyl groups is 1. The molecule has 0 amide bonds. The molecule has 4 nitrogen and oxygen atoms in total. The van der Waals surface area contributed by atoms with E-state index in [2.05, 4.69) is 18.7 Å². The molecule has 0 saturated carbocycles. The molecule has 1 aromatic rings. The first kappa shape index (κ1) is 13.9. The van der Waals surface area contributed by atoms with Crippen LogP contribution in [0.1, 0.15) is 30.6 Å². The van der Waals surface area contributed by atoms with E-state index < -0.39 is 0 Å². The van der Waals surface area contributed by atoms with Gasteiger partial charge in [-0.05, 0) is 26.3 Å². The van der Waals surface area contributed by atoms with Crippen LogP contribution in [-0.2, 0) is 7.05 Å². The number of hydrogen-bond acceptors (Lipinski definition) is 3. The molecule has 0 saturated heterocycles. The summed E-state index contributed by atoms with van der Waals surface area (Å²) in [6.45, 7) is 5.47. The van der Waals surface area contributed by atoms with Crippen LogP contribution in [0.25, 0.3) is 0 Å². The Morgan fingerprint density at radius 3 is 2.71 bits per heavy atom. The van der Waals surface area contributed by atoms with Crippen molar-refractivity contribution in [3.05, 3.63) is 24.0 Å². The Balaban J connectivity index is 2.57. The van der Waals surface area contributed by atoms with Crippen LogP contribution in [0.5, 0.6) is 0 Å². The quantitative estimate of drug-likeness (QED) is 0.728. The summed E-state index contributed by atoms with van der Waals surface area (Å²) in [5, 5.41) is 8.84. The summed E-state index contributed by atoms with van der Waals surface area (Å²) in [7, 11) is 1.91. The van der Waals surface area contributed by atoms with Gasteiger partial charge in [-0.3, -0.25) is 9.69 Å². The van der Waals surface area contributed by atoms with E-state index in [0.717, 1.165) is 12.1 Å². The average molecular weight is 238 g/mol. The fourth-order valence-corrected chi connectivity index (χ4v) is 1.74. The van der Waals surface area contributed by atoms with Crippen molar-refractivity contribution in [1.82, 2.24) is 9.47 Å². The van der Waals surface area contributed by atoms with Crippen molar-refractivity contribution < 1.29 is 9.90 Å². The highest BCUT2D eigenvalue weighted by atomic mass is 16.3. The molecule has 96 valence electrons. The number of rotatable bonds is 7. The van der Waals surface area contributed by atoms with Gasteiger partial charge in [0.1, 0.15) is 0 Å². The zero-order valence-electron chi connectivity index (χ0n) is 10.9. The monoisotopic (exact) mass is 238 g/mol. The number of nitrogens with zero attached hydrogens (tertiary/aromatic N) is 2. The van der Waals surface area contributed by atoms with E-state index in [-0.39, 0.29) is 12.4 Å². The number of carbonyl (C=O) groups excluding carboxylic acids is 1. The minimum absolute atomic E-state index is 0.136. The molecular weight excluding hydrogens is 216 g/mol. The molecule has 1 heterocycles. The lowest BCUT2D eigenvalue weighted by Gasteiger charge is -2.25. The number of aromatic nitrogens is 1. The summed E-state index contributed by atoms with van der Waals surface area (Å²) in [5.41, 5.74) is 0.752. The third-order valence-electron chi connectivity index (χ3n) is 2.83. The molecule has 1 rings (SSSR count). The van der Waals surface area contributed by atoms with Crippen LogP contribution in [0.2, 0.25) is 0 Å². The Bertz CT molecular complexity index is 358. The molecule has 0 aliphatic heterocycles. The number of aryl methyl sites for hydroxylation is 1. The molecule has 0 radical (unpaired) electrons. The highest BCUT2D eigenvalue weighted by Gasteiger charge is 2.15. The maximum absolute atomic E-state index is 12.0. The van der Waals surface area contributed by atoms with E-state index in [4.69, 9.17) is 5.11 Å². The summed E-state index contributed by atoms with van der Waals surface area (Å²) in [6.07, 6.45) is 4.42. The number of ketones is 1. The SMILES string of the molecule is CC(C)N(CCCO)CC(=O)c1ccn(C)c1. The predicted octanol–water partition coefficient (Wildman–Crippen LogP) is 1.30. The summed E-state index contributed by atoms with van der Waals surface area (Å²) in [4.78, 5) is 14.1. The molecule has 0 aromatic carbocycles. The molecule has 0 aliphatic rings. The van der Waals surface area contributed by atoms with Gasteiger partial charge in [-0.15, -0.1) is 0 Å². The van der Waals surface area contributed by atoms with E-state index in [0.29, 0.717) is 19.0 Å². The van der Waals surface area contributed by atoms with E-state index >= 15 is 0 Å². The largest absolute Gasteiger partial charge is 0.396 e. The van der Waals surface area contributed by atoms with Gasteiger partial charge >= 0.3 is 0 Å². The molecule has 0 atom stereocenters. The molecule has 0 aliphatic carbocycles. The second-order valence-corrected chi connectivity index (χ2v) is 4.63. The van der Waals surface area contributed by atoms with E-state index in [1.54, 1.807) is 0 Å². The predicted molar refractivity (Wildman–Crippen MR) is 68.2 cm³/mol. The molecule has 0 fully saturated rings. The van der Waals surface area contributed by atoms with Crippen LogP contribution < -0.4 is 0 Å². The Morgan fingerprint density at radius 2 is 2.24 bits per heavy atom. The van der Waals surface area contributed by atoms with Gasteiger partial charge in [-0.1, -0.05) is 0 Å². The number of carbonyl (C=O) groups is 1. The Morgan fingerprint density at radius 1 is 1.53 bits per heavy atom. The second-order valence-electron chi connectivity index (χ2n) is 4.63. The normalized spacial score (nSPS) is 11.4. The molecule has 17 heavy (non-hydrogen) atoms. The Kier molecular flexibility index (Phi) is 5.38. The third kappa shape index (κ3) is 4.32. The zero-order valence-corrected chi connectivity index (χ0v) is 10.9. The first-order valence-electron chi connectivity index (χ1n) is 6.04. The first-order chi connectivity index (χ1) is 8.04. The van der Waals surface area contributed by atoms with Crippen molar-refractivity contribution in [2.45, 2.75) is 26.3 Å². The molecule has 0 bridgehead atoms. The minimum Gasteiger partial charge on any atom is -0.396 e. The lowest BCUT2D eigenvalue weighted by Crippen LogP contribution is -2.36. The van der Waals surface area contributed by atoms with Crippen LogP contribution in [-0.4, -0.2) is 46.1 Å². The van der Waals surface area contributed by atoms with Gasteiger partial charge in [-0.25, -0.2) is 0 Å². The van der Waals surface area contributed by atoms with E-state index in [1.165, 1.54) is 0 Å². The second kappa shape index (κ2) is 6.57. The van der Waals surface area contributed by atoms with Crippen LogP contribution in [0.15, 0.2) is 18.5 Å². The number of hydrogen-bond donors (Lipinski definition) is 1. The summed E-state index contributed by atoms with van der Waals surface area (Å²) >= 11 is 0. The standard InChI is InChI=1S/C13H22N2O2/c1-11(2)15(6-4-8-16)10-13(17)12-5-7-14(3)9-12/h5,7,9,11,16H,4,6,8,10H2,1-3H3. The van der Waals surface area contributed by atoms with Crippen molar-refractivity contribution in [2.24, 2.45) is 7.05 Å². The smallest absolute Gasteiger partial charge is 0.178 e. The zero-order chi connectivity index (χ0) is 12.8. The first-order valence-corrected chi connectivity index (χ1v) is 6.04. The topological polar surface area (TPSA) is 45.5 Å². The van der Waals surface area contributed by atoms with Crippen molar-refractivity contribution in [2.75, 3.05) is 19.7 Å². The third-order valence-corrected chi connectivity index (χ3v) is 2.83. The van der Waals surface area contributed by atoms with Gasteiger partial charge in [0, 0.05) is 44.2 Å². The Hall–Kier alpha value is -1.13. The van der Waals surface area contributed by atoms with Gasteiger partial charge in [0.2, 0.25) is 0 Å². The highest BCUT2D eigenvalue weighted by molar-refractivity contribution is 5.97. The van der Waals surface area contributed by atoms with E-state index in [1.807, 2.05) is 30.1 Å². The van der Waals surface area contributed by atoms with Crippen LogP contribution in [0, 0.1) is 0 Å². The highest BCUT2D eigenvalue weighted by Crippen LogP contribution is 2.06. The maximum atomic E-state index is 12.0. The maximum Gasteiger partial charge on any atom is 0.178 e. The minimum atomic E-state index is 0.136. The van der Waals surface area contributed by atoms with Gasteiger partial charge in [-0.2, -0.15) is 0 Å². The fraction of sp³-hybridized carbons (Fsp3) is 0.615. The summed E-state index contributed by atoms with van der Waals surface area (Å²) in [5.74, 6) is 0.136. The van der Waals surface area contributed by atoms with Gasteiger partial charge in [0.15, 0.2) is 5.78 Å². The molecule has 0 unspecified atom stereocenters. The summed E-state index contributed by atoms with van der Waals surface area (Å²) < 4.78 is 1.88.